The fourth-order valence-corrected chi connectivity index (χ4v) is 0.277. The molecule has 0 fully saturated rings. The summed E-state index contributed by atoms with van der Waals surface area (Å²) >= 11 is 0. The van der Waals surface area contributed by atoms with E-state index in [1.54, 1.807) is 0 Å². The minimum atomic E-state index is 0.339. The molecule has 9 heavy (non-hydrogen) atoms. The molecule has 0 aromatic rings. The van der Waals surface area contributed by atoms with Gasteiger partial charge in [0, 0.05) is 0 Å². The molecule has 0 aromatic heterocycles. The molecule has 0 N–H and O–H groups in total. The zero-order chi connectivity index (χ0) is 7.28. The Labute approximate surface area is 55.6 Å². The molecule has 0 heterocycles. The number of nitrogens with zero attached hydrogens (tertiary/aromatic N) is 1. The van der Waals surface area contributed by atoms with E-state index in [1.807, 2.05) is 19.9 Å². The lowest BCUT2D eigenvalue weighted by atomic mass is 10.5. The molecular formula is C7H11NO. The van der Waals surface area contributed by atoms with Crippen LogP contribution in [-0.4, -0.2) is 6.72 Å². The van der Waals surface area contributed by atoms with Crippen molar-refractivity contribution in [2.45, 2.75) is 13.8 Å². The van der Waals surface area contributed by atoms with E-state index in [2.05, 4.69) is 18.3 Å². The lowest BCUT2D eigenvalue weighted by Crippen LogP contribution is -1.83. The highest BCUT2D eigenvalue weighted by Crippen LogP contribution is 2.02. The second-order valence-electron chi connectivity index (χ2n) is 1.55. The maximum atomic E-state index is 4.99. The Morgan fingerprint density at radius 1 is 1.67 bits per heavy atom. The predicted molar refractivity (Wildman–Crippen MR) is 39.2 cm³/mol. The summed E-state index contributed by atoms with van der Waals surface area (Å²) in [5.74, 6) is 1.12. The van der Waals surface area contributed by atoms with E-state index in [0.29, 0.717) is 5.88 Å². The largest absolute Gasteiger partial charge is 0.445 e. The molecule has 0 spiro atoms. The molecule has 0 aliphatic heterocycles. The molecule has 0 rings (SSSR count). The van der Waals surface area contributed by atoms with Crippen molar-refractivity contribution in [3.63, 3.8) is 0 Å². The van der Waals surface area contributed by atoms with E-state index >= 15 is 0 Å². The SMILES string of the molecule is C=NC(=C)O/C(C)=C/C. The third-order valence-electron chi connectivity index (χ3n) is 0.862. The van der Waals surface area contributed by atoms with Gasteiger partial charge in [-0.2, -0.15) is 0 Å². The van der Waals surface area contributed by atoms with Gasteiger partial charge in [0.25, 0.3) is 0 Å². The van der Waals surface area contributed by atoms with Crippen LogP contribution in [0.5, 0.6) is 0 Å². The van der Waals surface area contributed by atoms with Gasteiger partial charge < -0.3 is 4.74 Å². The average Bonchev–Trinajstić information content (AvgIpc) is 1.87. The van der Waals surface area contributed by atoms with Crippen LogP contribution in [0.2, 0.25) is 0 Å². The van der Waals surface area contributed by atoms with Gasteiger partial charge in [0.1, 0.15) is 0 Å². The fraction of sp³-hybridized carbons (Fsp3) is 0.286. The Balaban J connectivity index is 3.74. The summed E-state index contributed by atoms with van der Waals surface area (Å²) in [6.45, 7) is 10.4. The van der Waals surface area contributed by atoms with Gasteiger partial charge >= 0.3 is 0 Å². The highest BCUT2D eigenvalue weighted by molar-refractivity contribution is 5.26. The molecule has 0 aliphatic carbocycles. The van der Waals surface area contributed by atoms with Crippen LogP contribution >= 0.6 is 0 Å². The van der Waals surface area contributed by atoms with Crippen molar-refractivity contribution >= 4 is 6.72 Å². The first kappa shape index (κ1) is 7.95. The maximum Gasteiger partial charge on any atom is 0.210 e. The molecule has 0 bridgehead atoms. The Kier molecular flexibility index (Phi) is 3.44. The number of rotatable bonds is 3. The molecule has 0 amide bonds. The lowest BCUT2D eigenvalue weighted by Gasteiger charge is -2.00. The van der Waals surface area contributed by atoms with Crippen LogP contribution in [0.3, 0.4) is 0 Å². The summed E-state index contributed by atoms with van der Waals surface area (Å²) in [6.07, 6.45) is 1.83. The molecule has 0 aromatic carbocycles. The third kappa shape index (κ3) is 3.53. The normalized spacial score (nSPS) is 10.7. The van der Waals surface area contributed by atoms with E-state index in [1.165, 1.54) is 0 Å². The molecule has 2 nitrogen and oxygen atoms in total. The van der Waals surface area contributed by atoms with Crippen LogP contribution in [0.1, 0.15) is 13.8 Å². The van der Waals surface area contributed by atoms with Gasteiger partial charge in [0.15, 0.2) is 0 Å². The number of aliphatic imine (C=N–C) groups is 1. The Morgan fingerprint density at radius 2 is 2.22 bits per heavy atom. The van der Waals surface area contributed by atoms with E-state index < -0.39 is 0 Å². The van der Waals surface area contributed by atoms with Crippen LogP contribution in [0.25, 0.3) is 0 Å². The van der Waals surface area contributed by atoms with E-state index in [0.717, 1.165) is 5.76 Å². The van der Waals surface area contributed by atoms with Crippen LogP contribution < -0.4 is 0 Å². The van der Waals surface area contributed by atoms with Crippen LogP contribution in [0.15, 0.2) is 29.3 Å². The first-order chi connectivity index (χ1) is 4.20. The summed E-state index contributed by atoms with van der Waals surface area (Å²) in [5, 5.41) is 0. The van der Waals surface area contributed by atoms with Crippen molar-refractivity contribution in [3.05, 3.63) is 24.3 Å². The van der Waals surface area contributed by atoms with E-state index in [4.69, 9.17) is 4.74 Å². The average molecular weight is 125 g/mol. The zero-order valence-corrected chi connectivity index (χ0v) is 5.85. The predicted octanol–water partition coefficient (Wildman–Crippen LogP) is 2.10. The molecular weight excluding hydrogens is 114 g/mol. The molecule has 0 unspecified atom stereocenters. The van der Waals surface area contributed by atoms with Gasteiger partial charge in [-0.05, 0) is 33.2 Å². The van der Waals surface area contributed by atoms with Gasteiger partial charge in [-0.1, -0.05) is 0 Å². The van der Waals surface area contributed by atoms with Gasteiger partial charge in [0.05, 0.1) is 5.76 Å². The Morgan fingerprint density at radius 3 is 2.56 bits per heavy atom. The highest BCUT2D eigenvalue weighted by atomic mass is 16.5. The van der Waals surface area contributed by atoms with Crippen molar-refractivity contribution in [2.75, 3.05) is 0 Å². The van der Waals surface area contributed by atoms with Crippen molar-refractivity contribution in [2.24, 2.45) is 4.99 Å². The molecule has 0 saturated heterocycles. The number of ether oxygens (including phenoxy) is 1. The molecule has 2 heteroatoms. The van der Waals surface area contributed by atoms with Gasteiger partial charge in [-0.3, -0.25) is 0 Å². The van der Waals surface area contributed by atoms with E-state index in [9.17, 15) is 0 Å². The quantitative estimate of drug-likeness (QED) is 0.418. The van der Waals surface area contributed by atoms with Gasteiger partial charge in [-0.25, -0.2) is 4.99 Å². The van der Waals surface area contributed by atoms with Crippen molar-refractivity contribution in [3.8, 4) is 0 Å². The Hall–Kier alpha value is -1.05. The molecule has 50 valence electrons. The number of hydrogen-bond acceptors (Lipinski definition) is 2. The third-order valence-corrected chi connectivity index (χ3v) is 0.862. The lowest BCUT2D eigenvalue weighted by molar-refractivity contribution is 0.306. The monoisotopic (exact) mass is 125 g/mol. The van der Waals surface area contributed by atoms with Crippen LogP contribution in [0.4, 0.5) is 0 Å². The van der Waals surface area contributed by atoms with Gasteiger partial charge in [0.2, 0.25) is 5.88 Å². The second-order valence-corrected chi connectivity index (χ2v) is 1.55. The van der Waals surface area contributed by atoms with Crippen LogP contribution in [0, 0.1) is 0 Å². The summed E-state index contributed by atoms with van der Waals surface area (Å²) in [7, 11) is 0. The highest BCUT2D eigenvalue weighted by Gasteiger charge is 1.87. The minimum Gasteiger partial charge on any atom is -0.445 e. The fourth-order valence-electron chi connectivity index (χ4n) is 0.277. The summed E-state index contributed by atoms with van der Waals surface area (Å²) in [6, 6.07) is 0. The molecule has 0 atom stereocenters. The first-order valence-corrected chi connectivity index (χ1v) is 2.67. The van der Waals surface area contributed by atoms with Crippen molar-refractivity contribution < 1.29 is 4.74 Å². The maximum absolute atomic E-state index is 4.99. The van der Waals surface area contributed by atoms with E-state index in [-0.39, 0.29) is 0 Å². The summed E-state index contributed by atoms with van der Waals surface area (Å²) in [5.41, 5.74) is 0. The standard InChI is InChI=1S/C7H11NO/c1-5-6(2)9-7(3)8-4/h5H,3-4H2,1-2H3/b6-5+. The van der Waals surface area contributed by atoms with Gasteiger partial charge in [-0.15, -0.1) is 0 Å². The molecule has 0 aliphatic rings. The molecule has 0 radical (unpaired) electrons. The smallest absolute Gasteiger partial charge is 0.210 e. The molecule has 0 saturated carbocycles. The first-order valence-electron chi connectivity index (χ1n) is 2.67. The van der Waals surface area contributed by atoms with Crippen molar-refractivity contribution in [1.82, 2.24) is 0 Å². The number of hydrogen-bond donors (Lipinski definition) is 0. The Bertz CT molecular complexity index is 147. The van der Waals surface area contributed by atoms with Crippen LogP contribution in [-0.2, 0) is 4.74 Å². The summed E-state index contributed by atoms with van der Waals surface area (Å²) < 4.78 is 4.99. The zero-order valence-electron chi connectivity index (χ0n) is 5.85. The number of allylic oxidation sites excluding steroid dienone is 2. The van der Waals surface area contributed by atoms with Crippen molar-refractivity contribution in [1.29, 1.82) is 0 Å². The summed E-state index contributed by atoms with van der Waals surface area (Å²) in [4.78, 5) is 3.47. The minimum absolute atomic E-state index is 0.339. The topological polar surface area (TPSA) is 21.6 Å². The second kappa shape index (κ2) is 3.89.